The smallest absolute Gasteiger partial charge is 0.270 e. The average molecular weight is 408 g/mol. The third-order valence-electron chi connectivity index (χ3n) is 4.08. The van der Waals surface area contributed by atoms with Gasteiger partial charge < -0.3 is 10.6 Å². The van der Waals surface area contributed by atoms with Crippen LogP contribution in [0.4, 0.5) is 15.8 Å². The average Bonchev–Trinajstić information content (AvgIpc) is 2.62. The summed E-state index contributed by atoms with van der Waals surface area (Å²) in [6.45, 7) is 5.07. The van der Waals surface area contributed by atoms with Gasteiger partial charge in [0.25, 0.3) is 11.6 Å². The molecule has 2 rings (SSSR count). The van der Waals surface area contributed by atoms with Crippen molar-refractivity contribution < 1.29 is 18.9 Å². The molecule has 148 valence electrons. The number of anilines is 1. The van der Waals surface area contributed by atoms with Crippen LogP contribution in [-0.2, 0) is 4.79 Å². The molecule has 2 aromatic carbocycles. The van der Waals surface area contributed by atoms with Gasteiger partial charge in [-0.25, -0.2) is 4.39 Å². The van der Waals surface area contributed by atoms with Crippen molar-refractivity contribution in [3.63, 3.8) is 0 Å². The summed E-state index contributed by atoms with van der Waals surface area (Å²) < 4.78 is 13.7. The molecule has 0 heterocycles. The van der Waals surface area contributed by atoms with Crippen LogP contribution in [0.15, 0.2) is 36.4 Å². The molecular weight excluding hydrogens is 389 g/mol. The number of carbonyl (C=O) groups excluding carboxylic acids is 2. The van der Waals surface area contributed by atoms with Crippen molar-refractivity contribution in [3.05, 3.63) is 68.5 Å². The van der Waals surface area contributed by atoms with Gasteiger partial charge in [0, 0.05) is 17.8 Å². The van der Waals surface area contributed by atoms with Gasteiger partial charge in [0.1, 0.15) is 11.9 Å². The molecule has 0 radical (unpaired) electrons. The van der Waals surface area contributed by atoms with Gasteiger partial charge in [-0.1, -0.05) is 31.5 Å². The molecule has 2 N–H and O–H groups in total. The second-order valence-electron chi connectivity index (χ2n) is 6.57. The number of rotatable bonds is 6. The Morgan fingerprint density at radius 1 is 1.18 bits per heavy atom. The largest absolute Gasteiger partial charge is 0.340 e. The maximum Gasteiger partial charge on any atom is 0.270 e. The van der Waals surface area contributed by atoms with E-state index in [-0.39, 0.29) is 27.9 Å². The van der Waals surface area contributed by atoms with E-state index < -0.39 is 28.6 Å². The maximum atomic E-state index is 13.7. The standard InChI is InChI=1S/C19H19ClFN3O4/c1-10(2)17(19(26)22-12-5-4-11(3)16(21)8-12)23-18(25)14-7-6-13(24(27)28)9-15(14)20/h4-10,17H,1-3H3,(H,22,26)(H,23,25)/t17-/m0/s1. The number of benzene rings is 2. The van der Waals surface area contributed by atoms with Crippen LogP contribution in [0, 0.1) is 28.8 Å². The molecule has 28 heavy (non-hydrogen) atoms. The van der Waals surface area contributed by atoms with E-state index >= 15 is 0 Å². The molecule has 0 saturated heterocycles. The molecule has 0 fully saturated rings. The fourth-order valence-electron chi connectivity index (χ4n) is 2.45. The molecule has 0 aliphatic rings. The molecule has 0 aliphatic heterocycles. The number of nitrogens with one attached hydrogen (secondary N) is 2. The lowest BCUT2D eigenvalue weighted by molar-refractivity contribution is -0.384. The minimum absolute atomic E-state index is 0.00657. The number of amides is 2. The lowest BCUT2D eigenvalue weighted by atomic mass is 10.0. The van der Waals surface area contributed by atoms with Gasteiger partial charge in [-0.2, -0.15) is 0 Å². The number of nitrogens with zero attached hydrogens (tertiary/aromatic N) is 1. The zero-order valence-electron chi connectivity index (χ0n) is 15.5. The van der Waals surface area contributed by atoms with E-state index in [2.05, 4.69) is 10.6 Å². The van der Waals surface area contributed by atoms with Crippen LogP contribution >= 0.6 is 11.6 Å². The van der Waals surface area contributed by atoms with Crippen molar-refractivity contribution in [1.82, 2.24) is 5.32 Å². The lowest BCUT2D eigenvalue weighted by Crippen LogP contribution is -2.47. The molecule has 9 heteroatoms. The van der Waals surface area contributed by atoms with Crippen LogP contribution in [0.2, 0.25) is 5.02 Å². The van der Waals surface area contributed by atoms with E-state index in [1.54, 1.807) is 26.8 Å². The first-order chi connectivity index (χ1) is 13.1. The molecule has 0 saturated carbocycles. The fraction of sp³-hybridized carbons (Fsp3) is 0.263. The number of non-ortho nitro benzene ring substituents is 1. The molecule has 7 nitrogen and oxygen atoms in total. The van der Waals surface area contributed by atoms with E-state index in [0.717, 1.165) is 12.1 Å². The van der Waals surface area contributed by atoms with Crippen molar-refractivity contribution >= 4 is 34.8 Å². The van der Waals surface area contributed by atoms with Gasteiger partial charge in [0.2, 0.25) is 5.91 Å². The maximum absolute atomic E-state index is 13.7. The molecule has 1 atom stereocenters. The highest BCUT2D eigenvalue weighted by molar-refractivity contribution is 6.34. The van der Waals surface area contributed by atoms with E-state index in [0.29, 0.717) is 5.56 Å². The van der Waals surface area contributed by atoms with Crippen LogP contribution < -0.4 is 10.6 Å². The Morgan fingerprint density at radius 2 is 1.86 bits per heavy atom. The van der Waals surface area contributed by atoms with Gasteiger partial charge in [0.15, 0.2) is 0 Å². The summed E-state index contributed by atoms with van der Waals surface area (Å²) in [4.78, 5) is 35.2. The molecule has 2 amide bonds. The third kappa shape index (κ3) is 5.04. The summed E-state index contributed by atoms with van der Waals surface area (Å²) in [6, 6.07) is 6.80. The van der Waals surface area contributed by atoms with E-state index in [9.17, 15) is 24.1 Å². The molecular formula is C19H19ClFN3O4. The Bertz CT molecular complexity index is 933. The van der Waals surface area contributed by atoms with Crippen LogP contribution in [0.3, 0.4) is 0 Å². The fourth-order valence-corrected chi connectivity index (χ4v) is 2.71. The van der Waals surface area contributed by atoms with Gasteiger partial charge in [-0.15, -0.1) is 0 Å². The van der Waals surface area contributed by atoms with Crippen molar-refractivity contribution in [2.24, 2.45) is 5.92 Å². The first-order valence-electron chi connectivity index (χ1n) is 8.42. The number of hydrogen-bond acceptors (Lipinski definition) is 4. The minimum Gasteiger partial charge on any atom is -0.340 e. The van der Waals surface area contributed by atoms with Gasteiger partial charge in [0.05, 0.1) is 15.5 Å². The van der Waals surface area contributed by atoms with Crippen molar-refractivity contribution in [3.8, 4) is 0 Å². The van der Waals surface area contributed by atoms with Crippen molar-refractivity contribution in [2.45, 2.75) is 26.8 Å². The number of halogens is 2. The van der Waals surface area contributed by atoms with Crippen molar-refractivity contribution in [2.75, 3.05) is 5.32 Å². The highest BCUT2D eigenvalue weighted by Gasteiger charge is 2.26. The predicted octanol–water partition coefficient (Wildman–Crippen LogP) is 4.09. The summed E-state index contributed by atoms with van der Waals surface area (Å²) in [5.41, 5.74) is 0.467. The quantitative estimate of drug-likeness (QED) is 0.556. The number of carbonyl (C=O) groups is 2. The predicted molar refractivity (Wildman–Crippen MR) is 104 cm³/mol. The highest BCUT2D eigenvalue weighted by Crippen LogP contribution is 2.23. The summed E-state index contributed by atoms with van der Waals surface area (Å²) in [5, 5.41) is 15.8. The van der Waals surface area contributed by atoms with E-state index in [1.807, 2.05) is 0 Å². The highest BCUT2D eigenvalue weighted by atomic mass is 35.5. The monoisotopic (exact) mass is 407 g/mol. The Hall–Kier alpha value is -3.00. The molecule has 2 aromatic rings. The van der Waals surface area contributed by atoms with Gasteiger partial charge >= 0.3 is 0 Å². The Labute approximate surface area is 166 Å². The second-order valence-corrected chi connectivity index (χ2v) is 6.98. The lowest BCUT2D eigenvalue weighted by Gasteiger charge is -2.22. The molecule has 0 bridgehead atoms. The van der Waals surface area contributed by atoms with Crippen LogP contribution in [0.1, 0.15) is 29.8 Å². The minimum atomic E-state index is -0.928. The first kappa shape index (κ1) is 21.3. The third-order valence-corrected chi connectivity index (χ3v) is 4.40. The van der Waals surface area contributed by atoms with E-state index in [4.69, 9.17) is 11.6 Å². The zero-order valence-corrected chi connectivity index (χ0v) is 16.2. The first-order valence-corrected chi connectivity index (χ1v) is 8.79. The molecule has 0 aromatic heterocycles. The Balaban J connectivity index is 2.17. The topological polar surface area (TPSA) is 101 Å². The normalized spacial score (nSPS) is 11.8. The Morgan fingerprint density at radius 3 is 2.39 bits per heavy atom. The van der Waals surface area contributed by atoms with Crippen molar-refractivity contribution in [1.29, 1.82) is 0 Å². The van der Waals surface area contributed by atoms with E-state index in [1.165, 1.54) is 18.2 Å². The number of hydrogen-bond donors (Lipinski definition) is 2. The van der Waals surface area contributed by atoms with Crippen LogP contribution in [0.5, 0.6) is 0 Å². The molecule has 0 unspecified atom stereocenters. The van der Waals surface area contributed by atoms with Gasteiger partial charge in [-0.3, -0.25) is 19.7 Å². The summed E-state index contributed by atoms with van der Waals surface area (Å²) >= 11 is 5.97. The summed E-state index contributed by atoms with van der Waals surface area (Å²) in [6.07, 6.45) is 0. The van der Waals surface area contributed by atoms with Crippen LogP contribution in [-0.4, -0.2) is 22.8 Å². The number of nitro groups is 1. The zero-order chi connectivity index (χ0) is 21.0. The number of nitro benzene ring substituents is 1. The second kappa shape index (κ2) is 8.79. The Kier molecular flexibility index (Phi) is 6.69. The van der Waals surface area contributed by atoms with Gasteiger partial charge in [-0.05, 0) is 36.6 Å². The molecule has 0 spiro atoms. The summed E-state index contributed by atoms with van der Waals surface area (Å²) in [5.74, 6) is -1.91. The van der Waals surface area contributed by atoms with Crippen LogP contribution in [0.25, 0.3) is 0 Å². The molecule has 0 aliphatic carbocycles. The number of aryl methyl sites for hydroxylation is 1. The summed E-state index contributed by atoms with van der Waals surface area (Å²) in [7, 11) is 0. The SMILES string of the molecule is Cc1ccc(NC(=O)[C@@H](NC(=O)c2ccc([N+](=O)[O-])cc2Cl)C(C)C)cc1F.